The second kappa shape index (κ2) is 6.17. The van der Waals surface area contributed by atoms with Crippen molar-refractivity contribution in [3.05, 3.63) is 0 Å². The molecule has 3 nitrogen and oxygen atoms in total. The number of piperidine rings is 1. The fraction of sp³-hybridized carbons (Fsp3) is 1.00. The van der Waals surface area contributed by atoms with E-state index in [0.29, 0.717) is 16.7 Å². The zero-order valence-corrected chi connectivity index (χ0v) is 14.9. The molecule has 1 atom stereocenters. The fourth-order valence-electron chi connectivity index (χ4n) is 5.63. The van der Waals surface area contributed by atoms with Crippen LogP contribution < -0.4 is 5.73 Å². The van der Waals surface area contributed by atoms with Crippen LogP contribution in [0, 0.1) is 16.7 Å². The molecule has 0 bridgehead atoms. The molecule has 1 saturated heterocycles. The summed E-state index contributed by atoms with van der Waals surface area (Å²) in [4.78, 5) is 2.73. The molecule has 124 valence electrons. The minimum atomic E-state index is 0.192. The number of hydrogen-bond acceptors (Lipinski definition) is 3. The van der Waals surface area contributed by atoms with Gasteiger partial charge in [0.05, 0.1) is 6.61 Å². The van der Waals surface area contributed by atoms with Gasteiger partial charge in [0.2, 0.25) is 0 Å². The second-order valence-electron chi connectivity index (χ2n) is 9.20. The fourth-order valence-corrected chi connectivity index (χ4v) is 5.63. The average Bonchev–Trinajstić information content (AvgIpc) is 2.36. The summed E-state index contributed by atoms with van der Waals surface area (Å²) in [7, 11) is 1.82. The Bertz CT molecular complexity index is 333. The molecule has 2 fully saturated rings. The molecule has 1 unspecified atom stereocenters. The topological polar surface area (TPSA) is 38.5 Å². The van der Waals surface area contributed by atoms with Crippen LogP contribution in [-0.2, 0) is 4.74 Å². The highest BCUT2D eigenvalue weighted by molar-refractivity contribution is 5.05. The third-order valence-corrected chi connectivity index (χ3v) is 5.54. The van der Waals surface area contributed by atoms with Gasteiger partial charge < -0.3 is 10.5 Å². The first-order chi connectivity index (χ1) is 9.72. The molecule has 0 radical (unpaired) electrons. The Kier molecular flexibility index (Phi) is 5.07. The highest BCUT2D eigenvalue weighted by atomic mass is 16.5. The molecule has 2 aliphatic rings. The van der Waals surface area contributed by atoms with E-state index in [0.717, 1.165) is 19.7 Å². The summed E-state index contributed by atoms with van der Waals surface area (Å²) >= 11 is 0. The standard InChI is InChI=1S/C18H36N2O/c1-16(2)11-17(3,4)13-18(12-16,14-19)20-8-6-7-15(9-20)10-21-5/h15H,6-14,19H2,1-5H3. The molecule has 0 amide bonds. The summed E-state index contributed by atoms with van der Waals surface area (Å²) in [6.45, 7) is 13.8. The van der Waals surface area contributed by atoms with Crippen molar-refractivity contribution in [2.24, 2.45) is 22.5 Å². The van der Waals surface area contributed by atoms with Crippen molar-refractivity contribution in [1.82, 2.24) is 4.90 Å². The van der Waals surface area contributed by atoms with Crippen molar-refractivity contribution in [3.8, 4) is 0 Å². The largest absolute Gasteiger partial charge is 0.384 e. The second-order valence-corrected chi connectivity index (χ2v) is 9.20. The SMILES string of the molecule is COCC1CCCN(C2(CN)CC(C)(C)CC(C)(C)C2)C1. The maximum Gasteiger partial charge on any atom is 0.0502 e. The summed E-state index contributed by atoms with van der Waals surface area (Å²) in [6.07, 6.45) is 6.37. The maximum absolute atomic E-state index is 6.36. The highest BCUT2D eigenvalue weighted by Crippen LogP contribution is 2.52. The van der Waals surface area contributed by atoms with Gasteiger partial charge in [0.15, 0.2) is 0 Å². The molecule has 0 spiro atoms. The Balaban J connectivity index is 2.19. The molecule has 3 heteroatoms. The number of methoxy groups -OCH3 is 1. The lowest BCUT2D eigenvalue weighted by atomic mass is 9.57. The van der Waals surface area contributed by atoms with Crippen molar-refractivity contribution in [3.63, 3.8) is 0 Å². The van der Waals surface area contributed by atoms with Crippen LogP contribution in [0.1, 0.15) is 59.8 Å². The van der Waals surface area contributed by atoms with Gasteiger partial charge in [-0.25, -0.2) is 0 Å². The summed E-state index contributed by atoms with van der Waals surface area (Å²) in [6, 6.07) is 0. The Morgan fingerprint density at radius 3 is 2.24 bits per heavy atom. The van der Waals surface area contributed by atoms with E-state index in [2.05, 4.69) is 32.6 Å². The van der Waals surface area contributed by atoms with Crippen molar-refractivity contribution in [1.29, 1.82) is 0 Å². The van der Waals surface area contributed by atoms with Gasteiger partial charge in [-0.15, -0.1) is 0 Å². The van der Waals surface area contributed by atoms with Crippen LogP contribution in [0.4, 0.5) is 0 Å². The van der Waals surface area contributed by atoms with E-state index in [1.165, 1.54) is 38.6 Å². The first-order valence-corrected chi connectivity index (χ1v) is 8.66. The molecular formula is C18H36N2O. The predicted molar refractivity (Wildman–Crippen MR) is 89.4 cm³/mol. The Morgan fingerprint density at radius 1 is 1.10 bits per heavy atom. The van der Waals surface area contributed by atoms with Gasteiger partial charge in [0, 0.05) is 25.7 Å². The van der Waals surface area contributed by atoms with Crippen molar-refractivity contribution in [2.45, 2.75) is 65.3 Å². The van der Waals surface area contributed by atoms with Gasteiger partial charge in [-0.3, -0.25) is 4.90 Å². The molecular weight excluding hydrogens is 260 g/mol. The van der Waals surface area contributed by atoms with Crippen LogP contribution >= 0.6 is 0 Å². The van der Waals surface area contributed by atoms with Crippen LogP contribution in [0.15, 0.2) is 0 Å². The summed E-state index contributed by atoms with van der Waals surface area (Å²) < 4.78 is 5.41. The molecule has 1 aliphatic carbocycles. The minimum absolute atomic E-state index is 0.192. The Morgan fingerprint density at radius 2 is 1.71 bits per heavy atom. The molecule has 2 rings (SSSR count). The van der Waals surface area contributed by atoms with Crippen molar-refractivity contribution < 1.29 is 4.74 Å². The molecule has 1 aliphatic heterocycles. The van der Waals surface area contributed by atoms with E-state index in [1.54, 1.807) is 0 Å². The number of nitrogens with two attached hydrogens (primary N) is 1. The zero-order chi connectivity index (χ0) is 15.7. The third kappa shape index (κ3) is 4.00. The molecule has 21 heavy (non-hydrogen) atoms. The van der Waals surface area contributed by atoms with Crippen LogP contribution in [-0.4, -0.2) is 43.8 Å². The van der Waals surface area contributed by atoms with E-state index in [1.807, 2.05) is 7.11 Å². The lowest BCUT2D eigenvalue weighted by Crippen LogP contribution is -2.62. The van der Waals surface area contributed by atoms with Crippen LogP contribution in [0.5, 0.6) is 0 Å². The third-order valence-electron chi connectivity index (χ3n) is 5.54. The summed E-state index contributed by atoms with van der Waals surface area (Å²) in [5, 5.41) is 0. The van der Waals surface area contributed by atoms with E-state index in [-0.39, 0.29) is 5.54 Å². The average molecular weight is 296 g/mol. The van der Waals surface area contributed by atoms with Crippen LogP contribution in [0.2, 0.25) is 0 Å². The lowest BCUT2D eigenvalue weighted by Gasteiger charge is -2.57. The molecule has 1 saturated carbocycles. The van der Waals surface area contributed by atoms with E-state index in [9.17, 15) is 0 Å². The molecule has 0 aromatic heterocycles. The van der Waals surface area contributed by atoms with Crippen LogP contribution in [0.25, 0.3) is 0 Å². The Labute approximate surface area is 131 Å². The van der Waals surface area contributed by atoms with Gasteiger partial charge >= 0.3 is 0 Å². The van der Waals surface area contributed by atoms with Crippen LogP contribution in [0.3, 0.4) is 0 Å². The van der Waals surface area contributed by atoms with Gasteiger partial charge in [-0.05, 0) is 55.4 Å². The van der Waals surface area contributed by atoms with E-state index in [4.69, 9.17) is 10.5 Å². The molecule has 1 heterocycles. The predicted octanol–water partition coefficient (Wildman–Crippen LogP) is 3.28. The number of hydrogen-bond donors (Lipinski definition) is 1. The molecule has 2 N–H and O–H groups in total. The highest BCUT2D eigenvalue weighted by Gasteiger charge is 2.50. The number of ether oxygens (including phenoxy) is 1. The molecule has 0 aromatic rings. The summed E-state index contributed by atoms with van der Waals surface area (Å²) in [5.74, 6) is 0.681. The van der Waals surface area contributed by atoms with E-state index >= 15 is 0 Å². The zero-order valence-electron chi connectivity index (χ0n) is 14.9. The van der Waals surface area contributed by atoms with E-state index < -0.39 is 0 Å². The normalized spacial score (nSPS) is 32.0. The van der Waals surface area contributed by atoms with Gasteiger partial charge in [0.25, 0.3) is 0 Å². The number of likely N-dealkylation sites (tertiary alicyclic amines) is 1. The lowest BCUT2D eigenvalue weighted by molar-refractivity contribution is -0.0650. The number of nitrogens with zero attached hydrogens (tertiary/aromatic N) is 1. The van der Waals surface area contributed by atoms with Crippen molar-refractivity contribution in [2.75, 3.05) is 33.4 Å². The quantitative estimate of drug-likeness (QED) is 0.865. The minimum Gasteiger partial charge on any atom is -0.384 e. The smallest absolute Gasteiger partial charge is 0.0502 e. The Hall–Kier alpha value is -0.120. The first kappa shape index (κ1) is 17.2. The monoisotopic (exact) mass is 296 g/mol. The number of rotatable bonds is 4. The molecule has 0 aromatic carbocycles. The van der Waals surface area contributed by atoms with Gasteiger partial charge in [-0.2, -0.15) is 0 Å². The van der Waals surface area contributed by atoms with Gasteiger partial charge in [-0.1, -0.05) is 27.7 Å². The van der Waals surface area contributed by atoms with Gasteiger partial charge in [0.1, 0.15) is 0 Å². The van der Waals surface area contributed by atoms with Crippen molar-refractivity contribution >= 4 is 0 Å². The maximum atomic E-state index is 6.36. The summed E-state index contributed by atoms with van der Waals surface area (Å²) in [5.41, 5.74) is 7.32. The first-order valence-electron chi connectivity index (χ1n) is 8.66.